The van der Waals surface area contributed by atoms with Gasteiger partial charge in [-0.1, -0.05) is 6.92 Å². The van der Waals surface area contributed by atoms with Gasteiger partial charge in [0.15, 0.2) is 0 Å². The molecule has 4 aliphatic rings. The summed E-state index contributed by atoms with van der Waals surface area (Å²) in [6.07, 6.45) is 5.13. The molecule has 4 rings (SSSR count). The van der Waals surface area contributed by atoms with Gasteiger partial charge in [0.2, 0.25) is 0 Å². The van der Waals surface area contributed by atoms with Crippen molar-refractivity contribution in [2.45, 2.75) is 32.6 Å². The van der Waals surface area contributed by atoms with E-state index in [0.29, 0.717) is 23.5 Å². The van der Waals surface area contributed by atoms with Gasteiger partial charge in [0.05, 0.1) is 0 Å². The summed E-state index contributed by atoms with van der Waals surface area (Å²) < 4.78 is 0. The number of hydrogen-bond acceptors (Lipinski definition) is 1. The first-order valence-corrected chi connectivity index (χ1v) is 5.29. The Morgan fingerprint density at radius 2 is 2.00 bits per heavy atom. The molecule has 0 heterocycles. The Bertz CT molecular complexity index is 233. The van der Waals surface area contributed by atoms with E-state index in [1.165, 1.54) is 25.7 Å². The van der Waals surface area contributed by atoms with E-state index in [-0.39, 0.29) is 0 Å². The minimum absolute atomic E-state index is 0.473. The third kappa shape index (κ3) is 0.725. The summed E-state index contributed by atoms with van der Waals surface area (Å²) in [5.74, 6) is 4.13. The molecule has 0 radical (unpaired) electrons. The first-order chi connectivity index (χ1) is 5.75. The van der Waals surface area contributed by atoms with E-state index in [2.05, 4.69) is 6.92 Å². The van der Waals surface area contributed by atoms with Crippen molar-refractivity contribution in [1.29, 1.82) is 0 Å². The highest BCUT2D eigenvalue weighted by atomic mass is 16.1. The quantitative estimate of drug-likeness (QED) is 0.536. The Morgan fingerprint density at radius 1 is 1.17 bits per heavy atom. The second-order valence-corrected chi connectivity index (χ2v) is 5.13. The van der Waals surface area contributed by atoms with E-state index in [1.54, 1.807) is 0 Å². The fourth-order valence-corrected chi connectivity index (χ4v) is 3.92. The lowest BCUT2D eigenvalue weighted by atomic mass is 9.52. The Balaban J connectivity index is 1.98. The SMILES string of the molecule is C[C@@H]1[C@H]2C[C@@H]3C[C@H](C2)C(=O)[C@@H]1C3. The molecule has 12 heavy (non-hydrogen) atoms. The van der Waals surface area contributed by atoms with Gasteiger partial charge >= 0.3 is 0 Å². The van der Waals surface area contributed by atoms with Crippen LogP contribution in [0.1, 0.15) is 32.6 Å². The molecule has 0 aromatic carbocycles. The molecule has 0 unspecified atom stereocenters. The molecule has 0 saturated heterocycles. The van der Waals surface area contributed by atoms with E-state index in [0.717, 1.165) is 11.8 Å². The summed E-state index contributed by atoms with van der Waals surface area (Å²) in [5.41, 5.74) is 0. The van der Waals surface area contributed by atoms with Crippen LogP contribution < -0.4 is 0 Å². The van der Waals surface area contributed by atoms with E-state index in [1.807, 2.05) is 0 Å². The van der Waals surface area contributed by atoms with E-state index < -0.39 is 0 Å². The van der Waals surface area contributed by atoms with Gasteiger partial charge in [0, 0.05) is 11.8 Å². The van der Waals surface area contributed by atoms with Crippen LogP contribution in [0.15, 0.2) is 0 Å². The summed E-state index contributed by atoms with van der Waals surface area (Å²) in [4.78, 5) is 11.8. The van der Waals surface area contributed by atoms with Crippen LogP contribution >= 0.6 is 0 Å². The highest BCUT2D eigenvalue weighted by Crippen LogP contribution is 2.54. The molecule has 4 saturated carbocycles. The molecule has 0 amide bonds. The minimum Gasteiger partial charge on any atom is -0.299 e. The van der Waals surface area contributed by atoms with Crippen LogP contribution in [-0.4, -0.2) is 5.78 Å². The van der Waals surface area contributed by atoms with Crippen LogP contribution in [0.2, 0.25) is 0 Å². The zero-order valence-electron chi connectivity index (χ0n) is 7.62. The Morgan fingerprint density at radius 3 is 2.83 bits per heavy atom. The highest BCUT2D eigenvalue weighted by molar-refractivity contribution is 5.85. The molecule has 4 aliphatic carbocycles. The lowest BCUT2D eigenvalue weighted by Crippen LogP contribution is -2.50. The van der Waals surface area contributed by atoms with E-state index in [9.17, 15) is 4.79 Å². The third-order valence-electron chi connectivity index (χ3n) is 4.57. The van der Waals surface area contributed by atoms with Gasteiger partial charge in [0.1, 0.15) is 5.78 Å². The highest BCUT2D eigenvalue weighted by Gasteiger charge is 2.51. The van der Waals surface area contributed by atoms with Crippen LogP contribution in [0.25, 0.3) is 0 Å². The predicted octanol–water partition coefficient (Wildman–Crippen LogP) is 2.26. The lowest BCUT2D eigenvalue weighted by molar-refractivity contribution is -0.145. The second kappa shape index (κ2) is 2.12. The number of rotatable bonds is 0. The van der Waals surface area contributed by atoms with Crippen LogP contribution in [0.3, 0.4) is 0 Å². The summed E-state index contributed by atoms with van der Waals surface area (Å²) >= 11 is 0. The molecule has 0 aromatic rings. The summed E-state index contributed by atoms with van der Waals surface area (Å²) in [6.45, 7) is 2.30. The van der Waals surface area contributed by atoms with Crippen LogP contribution in [-0.2, 0) is 4.79 Å². The third-order valence-corrected chi connectivity index (χ3v) is 4.57. The number of hydrogen-bond donors (Lipinski definition) is 0. The normalized spacial score (nSPS) is 56.4. The topological polar surface area (TPSA) is 17.1 Å². The molecular formula is C11H16O. The molecule has 0 N–H and O–H groups in total. The monoisotopic (exact) mass is 164 g/mol. The number of Topliss-reactive ketones (excluding diaryl/α,β-unsaturated/α-hetero) is 1. The first kappa shape index (κ1) is 7.11. The molecule has 0 aliphatic heterocycles. The average Bonchev–Trinajstić information content (AvgIpc) is 2.07. The van der Waals surface area contributed by atoms with Crippen molar-refractivity contribution in [2.24, 2.45) is 29.6 Å². The molecule has 4 fully saturated rings. The fourth-order valence-electron chi connectivity index (χ4n) is 3.92. The Kier molecular flexibility index (Phi) is 1.26. The molecule has 0 spiro atoms. The zero-order valence-corrected chi connectivity index (χ0v) is 7.62. The first-order valence-electron chi connectivity index (χ1n) is 5.29. The Hall–Kier alpha value is -0.330. The largest absolute Gasteiger partial charge is 0.299 e. The molecule has 1 heteroatoms. The molecule has 5 atom stereocenters. The van der Waals surface area contributed by atoms with E-state index in [4.69, 9.17) is 0 Å². The lowest BCUT2D eigenvalue weighted by Gasteiger charge is -2.52. The van der Waals surface area contributed by atoms with Gasteiger partial charge in [-0.2, -0.15) is 0 Å². The van der Waals surface area contributed by atoms with Crippen LogP contribution in [0.5, 0.6) is 0 Å². The summed E-state index contributed by atoms with van der Waals surface area (Å²) in [5, 5.41) is 0. The predicted molar refractivity (Wildman–Crippen MR) is 46.6 cm³/mol. The van der Waals surface area contributed by atoms with Crippen molar-refractivity contribution in [3.63, 3.8) is 0 Å². The van der Waals surface area contributed by atoms with Crippen molar-refractivity contribution in [3.05, 3.63) is 0 Å². The van der Waals surface area contributed by atoms with Crippen LogP contribution in [0.4, 0.5) is 0 Å². The molecule has 4 bridgehead atoms. The molecule has 1 nitrogen and oxygen atoms in total. The minimum atomic E-state index is 0.473. The zero-order chi connectivity index (χ0) is 8.29. The van der Waals surface area contributed by atoms with Gasteiger partial charge in [-0.25, -0.2) is 0 Å². The maximum absolute atomic E-state index is 11.8. The van der Waals surface area contributed by atoms with E-state index >= 15 is 0 Å². The van der Waals surface area contributed by atoms with Gasteiger partial charge in [-0.05, 0) is 43.4 Å². The van der Waals surface area contributed by atoms with Crippen LogP contribution in [0, 0.1) is 29.6 Å². The summed E-state index contributed by atoms with van der Waals surface area (Å²) in [7, 11) is 0. The maximum atomic E-state index is 11.8. The second-order valence-electron chi connectivity index (χ2n) is 5.13. The average molecular weight is 164 g/mol. The fraction of sp³-hybridized carbons (Fsp3) is 0.909. The van der Waals surface area contributed by atoms with Gasteiger partial charge in [0.25, 0.3) is 0 Å². The van der Waals surface area contributed by atoms with Gasteiger partial charge in [-0.3, -0.25) is 4.79 Å². The molecular weight excluding hydrogens is 148 g/mol. The van der Waals surface area contributed by atoms with Gasteiger partial charge in [-0.15, -0.1) is 0 Å². The standard InChI is InChI=1S/C11H16O/c1-6-8-2-7-3-9(5-8)11(12)10(6)4-7/h6-10H,2-5H2,1H3/t6-,7-,8+,9-,10-/m1/s1. The maximum Gasteiger partial charge on any atom is 0.139 e. The molecule has 66 valence electrons. The van der Waals surface area contributed by atoms with Crippen molar-refractivity contribution >= 4 is 5.78 Å². The van der Waals surface area contributed by atoms with Gasteiger partial charge < -0.3 is 0 Å². The smallest absolute Gasteiger partial charge is 0.139 e. The van der Waals surface area contributed by atoms with Crippen molar-refractivity contribution in [2.75, 3.05) is 0 Å². The Labute approximate surface area is 73.5 Å². The number of ketones is 1. The number of carbonyl (C=O) groups excluding carboxylic acids is 1. The van der Waals surface area contributed by atoms with Crippen molar-refractivity contribution in [1.82, 2.24) is 0 Å². The van der Waals surface area contributed by atoms with Crippen molar-refractivity contribution in [3.8, 4) is 0 Å². The number of carbonyl (C=O) groups is 1. The summed E-state index contributed by atoms with van der Waals surface area (Å²) in [6, 6.07) is 0. The molecule has 0 aromatic heterocycles. The van der Waals surface area contributed by atoms with Crippen molar-refractivity contribution < 1.29 is 4.79 Å².